The van der Waals surface area contributed by atoms with E-state index in [4.69, 9.17) is 42.1 Å². The minimum absolute atomic E-state index is 0.0254. The predicted molar refractivity (Wildman–Crippen MR) is 234 cm³/mol. The van der Waals surface area contributed by atoms with Crippen molar-refractivity contribution in [3.05, 3.63) is 117 Å². The van der Waals surface area contributed by atoms with E-state index in [9.17, 15) is 4.79 Å². The monoisotopic (exact) mass is 907 g/mol. The molecule has 7 rings (SSSR count). The first-order valence-corrected chi connectivity index (χ1v) is 20.4. The lowest BCUT2D eigenvalue weighted by atomic mass is 9.98. The first kappa shape index (κ1) is 44.9. The average Bonchev–Trinajstić information content (AvgIpc) is 3.42. The molecule has 0 aliphatic carbocycles. The van der Waals surface area contributed by atoms with Crippen LogP contribution in [0.25, 0.3) is 22.2 Å². The molecule has 0 fully saturated rings. The molecular weight excluding hydrogens is 865 g/mol. The van der Waals surface area contributed by atoms with Crippen molar-refractivity contribution in [1.82, 2.24) is 19.9 Å². The van der Waals surface area contributed by atoms with Gasteiger partial charge in [0.1, 0.15) is 46.7 Å². The minimum Gasteiger partial charge on any atom is -0.497 e. The molecule has 1 atom stereocenters. The second-order valence-corrected chi connectivity index (χ2v) is 16.4. The Kier molecular flexibility index (Phi) is 12.8. The molecule has 0 saturated carbocycles. The number of hydrogen-bond donors (Lipinski definition) is 1. The van der Waals surface area contributed by atoms with Crippen molar-refractivity contribution >= 4 is 57.7 Å². The molecule has 4 heterocycles. The van der Waals surface area contributed by atoms with Crippen LogP contribution in [0.4, 0.5) is 39.8 Å². The zero-order valence-electron chi connectivity index (χ0n) is 35.3. The van der Waals surface area contributed by atoms with E-state index in [-0.39, 0.29) is 60.4 Å². The van der Waals surface area contributed by atoms with Crippen molar-refractivity contribution in [1.29, 1.82) is 0 Å². The van der Waals surface area contributed by atoms with Gasteiger partial charge in [0, 0.05) is 24.8 Å². The number of nitrogens with one attached hydrogen (secondary N) is 1. The Morgan fingerprint density at radius 2 is 1.57 bits per heavy atom. The first-order chi connectivity index (χ1) is 29.9. The van der Waals surface area contributed by atoms with E-state index in [2.05, 4.69) is 25.3 Å². The number of aromatic nitrogens is 4. The van der Waals surface area contributed by atoms with Crippen molar-refractivity contribution < 1.29 is 41.3 Å². The van der Waals surface area contributed by atoms with E-state index in [1.807, 2.05) is 24.3 Å². The second-order valence-electron chi connectivity index (χ2n) is 15.7. The smallest absolute Gasteiger partial charge is 0.418 e. The third-order valence-electron chi connectivity index (χ3n) is 10.3. The van der Waals surface area contributed by atoms with E-state index in [0.29, 0.717) is 17.1 Å². The van der Waals surface area contributed by atoms with Gasteiger partial charge in [-0.2, -0.15) is 18.2 Å². The summed E-state index contributed by atoms with van der Waals surface area (Å²) in [5, 5.41) is 1.80. The van der Waals surface area contributed by atoms with Gasteiger partial charge >= 0.3 is 12.3 Å². The zero-order valence-corrected chi connectivity index (χ0v) is 36.8. The van der Waals surface area contributed by atoms with Crippen molar-refractivity contribution in [2.24, 2.45) is 0 Å². The summed E-state index contributed by atoms with van der Waals surface area (Å²) in [7, 11) is 3.09. The number of ether oxygens (including phenoxy) is 4. The Bertz CT molecular complexity index is 2620. The van der Waals surface area contributed by atoms with Gasteiger partial charge in [-0.05, 0) is 99.3 Å². The molecule has 63 heavy (non-hydrogen) atoms. The third-order valence-corrected chi connectivity index (χ3v) is 10.8. The lowest BCUT2D eigenvalue weighted by molar-refractivity contribution is -0.137. The summed E-state index contributed by atoms with van der Waals surface area (Å²) in [5.74, 6) is 0.250. The Hall–Kier alpha value is -6.13. The first-order valence-electron chi connectivity index (χ1n) is 19.7. The summed E-state index contributed by atoms with van der Waals surface area (Å²) in [6, 6.07) is 18.5. The molecule has 3 aromatic heterocycles. The van der Waals surface area contributed by atoms with Crippen LogP contribution in [0.1, 0.15) is 61.6 Å². The van der Waals surface area contributed by atoms with E-state index in [1.54, 1.807) is 88.1 Å². The second kappa shape index (κ2) is 17.9. The van der Waals surface area contributed by atoms with Crippen molar-refractivity contribution in [3.8, 4) is 28.5 Å². The Balaban J connectivity index is 1.39. The summed E-state index contributed by atoms with van der Waals surface area (Å²) in [6.45, 7) is 8.69. The van der Waals surface area contributed by atoms with Gasteiger partial charge in [0.15, 0.2) is 11.6 Å². The van der Waals surface area contributed by atoms with Crippen LogP contribution in [0.2, 0.25) is 10.3 Å². The number of pyridine rings is 2. The highest BCUT2D eigenvalue weighted by atomic mass is 35.5. The summed E-state index contributed by atoms with van der Waals surface area (Å²) in [6.07, 6.45) is -4.24. The van der Waals surface area contributed by atoms with Gasteiger partial charge in [-0.1, -0.05) is 41.9 Å². The summed E-state index contributed by atoms with van der Waals surface area (Å²) in [5.41, 5.74) is -1.98. The quantitative estimate of drug-likeness (QED) is 0.0987. The molecule has 18 heteroatoms. The minimum atomic E-state index is -5.00. The molecule has 6 aromatic rings. The number of anilines is 3. The van der Waals surface area contributed by atoms with Crippen LogP contribution < -0.4 is 29.3 Å². The molecule has 0 radical (unpaired) electrons. The number of benzene rings is 3. The lowest BCUT2D eigenvalue weighted by Gasteiger charge is -2.31. The normalized spacial score (nSPS) is 13.3. The fraction of sp³-hybridized carbons (Fsp3) is 0.311. The van der Waals surface area contributed by atoms with Gasteiger partial charge in [0.05, 0.1) is 54.0 Å². The molecule has 1 aliphatic heterocycles. The fourth-order valence-corrected chi connectivity index (χ4v) is 7.90. The molecule has 1 unspecified atom stereocenters. The Labute approximate surface area is 371 Å². The SMILES string of the molecule is COc1ccc(CN(Cc2ccc(OC)cc2)c2cc(C)c(C(F)(F)F)c(-c3c(Cl)c4c5c(nc(Cl)nc5c3F)N(C(C)c3cccnc3NC(=O)OC(C)(C)C)CCO4)n2)cc1. The van der Waals surface area contributed by atoms with E-state index < -0.39 is 62.4 Å². The van der Waals surface area contributed by atoms with Gasteiger partial charge in [-0.15, -0.1) is 0 Å². The highest BCUT2D eigenvalue weighted by Crippen LogP contribution is 2.51. The predicted octanol–water partition coefficient (Wildman–Crippen LogP) is 11.4. The fourth-order valence-electron chi connectivity index (χ4n) is 7.41. The maximum absolute atomic E-state index is 17.5. The van der Waals surface area contributed by atoms with Crippen LogP contribution in [-0.2, 0) is 24.0 Å². The average molecular weight is 909 g/mol. The Morgan fingerprint density at radius 3 is 2.14 bits per heavy atom. The van der Waals surface area contributed by atoms with Gasteiger partial charge in [-0.25, -0.2) is 24.1 Å². The van der Waals surface area contributed by atoms with Crippen LogP contribution >= 0.6 is 23.2 Å². The highest BCUT2D eigenvalue weighted by Gasteiger charge is 2.41. The molecule has 0 bridgehead atoms. The van der Waals surface area contributed by atoms with Crippen LogP contribution in [0.15, 0.2) is 72.9 Å². The number of carbonyl (C=O) groups is 1. The number of halogens is 6. The molecule has 3 aromatic carbocycles. The summed E-state index contributed by atoms with van der Waals surface area (Å²) in [4.78, 5) is 34.0. The number of hydrogen-bond acceptors (Lipinski definition) is 11. The van der Waals surface area contributed by atoms with E-state index in [1.165, 1.54) is 19.2 Å². The maximum atomic E-state index is 17.5. The van der Waals surface area contributed by atoms with Crippen LogP contribution in [0.3, 0.4) is 0 Å². The van der Waals surface area contributed by atoms with Gasteiger partial charge in [0.2, 0.25) is 5.28 Å². The molecule has 0 spiro atoms. The largest absolute Gasteiger partial charge is 0.497 e. The number of aryl methyl sites for hydroxylation is 1. The lowest BCUT2D eigenvalue weighted by Crippen LogP contribution is -2.32. The number of nitrogens with zero attached hydrogens (tertiary/aromatic N) is 6. The molecule has 12 nitrogen and oxygen atoms in total. The molecule has 330 valence electrons. The molecule has 1 amide bonds. The van der Waals surface area contributed by atoms with E-state index >= 15 is 17.6 Å². The highest BCUT2D eigenvalue weighted by molar-refractivity contribution is 6.37. The number of rotatable bonds is 11. The number of methoxy groups -OCH3 is 2. The van der Waals surface area contributed by atoms with E-state index in [0.717, 1.165) is 11.1 Å². The van der Waals surface area contributed by atoms with Crippen LogP contribution in [0.5, 0.6) is 17.2 Å². The number of alkyl halides is 3. The molecule has 1 N–H and O–H groups in total. The maximum Gasteiger partial charge on any atom is 0.418 e. The topological polar surface area (TPSA) is 124 Å². The Morgan fingerprint density at radius 1 is 0.952 bits per heavy atom. The molecule has 1 aliphatic rings. The third kappa shape index (κ3) is 9.61. The van der Waals surface area contributed by atoms with Crippen molar-refractivity contribution in [2.75, 3.05) is 42.5 Å². The van der Waals surface area contributed by atoms with Crippen molar-refractivity contribution in [2.45, 2.75) is 65.5 Å². The number of carbonyl (C=O) groups excluding carboxylic acids is 1. The summed E-state index contributed by atoms with van der Waals surface area (Å²) < 4.78 is 85.5. The summed E-state index contributed by atoms with van der Waals surface area (Å²) >= 11 is 13.6. The molecule has 0 saturated heterocycles. The van der Waals surface area contributed by atoms with Crippen LogP contribution in [0, 0.1) is 12.7 Å². The van der Waals surface area contributed by atoms with Gasteiger partial charge in [0.25, 0.3) is 0 Å². The van der Waals surface area contributed by atoms with Gasteiger partial charge < -0.3 is 28.7 Å². The zero-order chi connectivity index (χ0) is 45.4. The molecular formula is C45H43Cl2F4N7O5. The standard InChI is InChI=1S/C45H43Cl2F4N7O5/c1-24-21-31(57(22-26-10-14-28(60-6)15-11-26)23-27-12-16-29(61-7)17-13-27)53-37(34(24)45(49,50)51)32-35(46)39-33-38(36(32)48)54-42(47)56-41(33)58(19-20-62-39)25(2)30-9-8-18-52-40(30)55-43(59)63-44(3,4)5/h8-18,21,25H,19-20,22-23H2,1-7H3,(H,52,55,59). The van der Waals surface area contributed by atoms with Crippen molar-refractivity contribution in [3.63, 3.8) is 0 Å². The van der Waals surface area contributed by atoms with Gasteiger partial charge in [-0.3, -0.25) is 5.32 Å². The number of amides is 1. The van der Waals surface area contributed by atoms with Crippen LogP contribution in [-0.4, -0.2) is 59.0 Å².